The minimum atomic E-state index is -0.304. The average molecular weight is 184 g/mol. The highest BCUT2D eigenvalue weighted by molar-refractivity contribution is 4.94. The number of hydrogen-bond donors (Lipinski definition) is 1. The molecule has 2 unspecified atom stereocenters. The van der Waals surface area contributed by atoms with Gasteiger partial charge in [0.15, 0.2) is 0 Å². The topological polar surface area (TPSA) is 45.0 Å². The summed E-state index contributed by atoms with van der Waals surface area (Å²) in [5, 5.41) is 12.1. The van der Waals surface area contributed by atoms with Crippen LogP contribution in [0.1, 0.15) is 27.7 Å². The third-order valence-electron chi connectivity index (χ3n) is 2.24. The first kappa shape index (κ1) is 12.4. The molecule has 0 aliphatic heterocycles. The second-order valence-electron chi connectivity index (χ2n) is 4.11. The van der Waals surface area contributed by atoms with Gasteiger partial charge in [0, 0.05) is 19.7 Å². The zero-order valence-electron chi connectivity index (χ0n) is 9.22. The maximum absolute atomic E-state index is 8.78. The number of nitrogens with zero attached hydrogens (tertiary/aromatic N) is 1. The summed E-state index contributed by atoms with van der Waals surface area (Å²) in [5.74, 6) is 0. The fourth-order valence-corrected chi connectivity index (χ4v) is 0.826. The number of nitriles is 1. The zero-order chi connectivity index (χ0) is 10.5. The van der Waals surface area contributed by atoms with Crippen molar-refractivity contribution in [3.05, 3.63) is 0 Å². The SMILES string of the molecule is COC(C)C(C)NCC(C)(C)C#N. The van der Waals surface area contributed by atoms with Gasteiger partial charge in [-0.25, -0.2) is 0 Å². The maximum Gasteiger partial charge on any atom is 0.0697 e. The van der Waals surface area contributed by atoms with Crippen LogP contribution in [0.5, 0.6) is 0 Å². The van der Waals surface area contributed by atoms with Gasteiger partial charge >= 0.3 is 0 Å². The third kappa shape index (κ3) is 4.87. The lowest BCUT2D eigenvalue weighted by molar-refractivity contribution is 0.0865. The van der Waals surface area contributed by atoms with E-state index in [-0.39, 0.29) is 17.6 Å². The molecule has 0 fully saturated rings. The summed E-state index contributed by atoms with van der Waals surface area (Å²) in [5.41, 5.74) is -0.304. The Kier molecular flexibility index (Phi) is 4.97. The lowest BCUT2D eigenvalue weighted by atomic mass is 9.95. The normalized spacial score (nSPS) is 16.3. The quantitative estimate of drug-likeness (QED) is 0.705. The van der Waals surface area contributed by atoms with E-state index >= 15 is 0 Å². The monoisotopic (exact) mass is 184 g/mol. The first-order chi connectivity index (χ1) is 5.93. The van der Waals surface area contributed by atoms with Crippen LogP contribution in [0.4, 0.5) is 0 Å². The van der Waals surface area contributed by atoms with Crippen molar-refractivity contribution in [2.75, 3.05) is 13.7 Å². The summed E-state index contributed by atoms with van der Waals surface area (Å²) < 4.78 is 5.17. The van der Waals surface area contributed by atoms with E-state index in [0.29, 0.717) is 6.54 Å². The Morgan fingerprint density at radius 2 is 2.00 bits per heavy atom. The lowest BCUT2D eigenvalue weighted by Crippen LogP contribution is -2.41. The predicted molar refractivity (Wildman–Crippen MR) is 53.3 cm³/mol. The second-order valence-corrected chi connectivity index (χ2v) is 4.11. The summed E-state index contributed by atoms with van der Waals surface area (Å²) in [6, 6.07) is 2.53. The smallest absolute Gasteiger partial charge is 0.0697 e. The summed E-state index contributed by atoms with van der Waals surface area (Å²) in [7, 11) is 1.69. The molecule has 0 heterocycles. The van der Waals surface area contributed by atoms with Gasteiger partial charge < -0.3 is 10.1 Å². The molecule has 0 saturated heterocycles. The molecule has 76 valence electrons. The van der Waals surface area contributed by atoms with Crippen molar-refractivity contribution in [3.63, 3.8) is 0 Å². The van der Waals surface area contributed by atoms with E-state index in [9.17, 15) is 0 Å². The molecule has 0 aliphatic rings. The summed E-state index contributed by atoms with van der Waals surface area (Å²) >= 11 is 0. The van der Waals surface area contributed by atoms with E-state index in [1.54, 1.807) is 7.11 Å². The highest BCUT2D eigenvalue weighted by atomic mass is 16.5. The summed E-state index contributed by atoms with van der Waals surface area (Å²) in [6.07, 6.45) is 0.175. The van der Waals surface area contributed by atoms with Crippen molar-refractivity contribution in [3.8, 4) is 6.07 Å². The second kappa shape index (κ2) is 5.21. The van der Waals surface area contributed by atoms with Crippen LogP contribution in [0.3, 0.4) is 0 Å². The average Bonchev–Trinajstić information content (AvgIpc) is 2.13. The molecule has 0 radical (unpaired) electrons. The molecule has 0 aromatic rings. The van der Waals surface area contributed by atoms with Crippen molar-refractivity contribution in [1.82, 2.24) is 5.32 Å². The summed E-state index contributed by atoms with van der Waals surface area (Å²) in [4.78, 5) is 0. The van der Waals surface area contributed by atoms with E-state index in [4.69, 9.17) is 10.00 Å². The molecule has 3 nitrogen and oxygen atoms in total. The Morgan fingerprint density at radius 3 is 2.38 bits per heavy atom. The minimum absolute atomic E-state index is 0.175. The molecule has 0 aliphatic carbocycles. The molecule has 0 aromatic heterocycles. The number of hydrogen-bond acceptors (Lipinski definition) is 3. The molecule has 0 aromatic carbocycles. The maximum atomic E-state index is 8.78. The molecule has 13 heavy (non-hydrogen) atoms. The molecule has 0 saturated carbocycles. The van der Waals surface area contributed by atoms with Crippen molar-refractivity contribution >= 4 is 0 Å². The fourth-order valence-electron chi connectivity index (χ4n) is 0.826. The van der Waals surface area contributed by atoms with Crippen LogP contribution in [0.25, 0.3) is 0 Å². The van der Waals surface area contributed by atoms with Gasteiger partial charge in [-0.15, -0.1) is 0 Å². The standard InChI is InChI=1S/C10H20N2O/c1-8(9(2)13-5)12-7-10(3,4)6-11/h8-9,12H,7H2,1-5H3. The lowest BCUT2D eigenvalue weighted by Gasteiger charge is -2.24. The molecule has 0 amide bonds. The van der Waals surface area contributed by atoms with Gasteiger partial charge in [-0.1, -0.05) is 0 Å². The van der Waals surface area contributed by atoms with Gasteiger partial charge in [-0.3, -0.25) is 0 Å². The van der Waals surface area contributed by atoms with E-state index in [2.05, 4.69) is 18.3 Å². The highest BCUT2D eigenvalue weighted by Gasteiger charge is 2.19. The molecular formula is C10H20N2O. The van der Waals surface area contributed by atoms with Crippen molar-refractivity contribution in [2.24, 2.45) is 5.41 Å². The number of nitrogens with one attached hydrogen (secondary N) is 1. The van der Waals surface area contributed by atoms with Gasteiger partial charge in [0.2, 0.25) is 0 Å². The molecule has 0 bridgehead atoms. The van der Waals surface area contributed by atoms with Crippen molar-refractivity contribution in [1.29, 1.82) is 5.26 Å². The fraction of sp³-hybridized carbons (Fsp3) is 0.900. The van der Waals surface area contributed by atoms with Gasteiger partial charge in [-0.05, 0) is 27.7 Å². The third-order valence-corrected chi connectivity index (χ3v) is 2.24. The first-order valence-corrected chi connectivity index (χ1v) is 4.60. The van der Waals surface area contributed by atoms with E-state index in [0.717, 1.165) is 0 Å². The van der Waals surface area contributed by atoms with Crippen LogP contribution in [0.2, 0.25) is 0 Å². The highest BCUT2D eigenvalue weighted by Crippen LogP contribution is 2.11. The van der Waals surface area contributed by atoms with Crippen LogP contribution in [0.15, 0.2) is 0 Å². The van der Waals surface area contributed by atoms with Crippen LogP contribution >= 0.6 is 0 Å². The number of methoxy groups -OCH3 is 1. The predicted octanol–water partition coefficient (Wildman–Crippen LogP) is 1.55. The number of rotatable bonds is 5. The Balaban J connectivity index is 3.84. The Labute approximate surface area is 81.1 Å². The Morgan fingerprint density at radius 1 is 1.46 bits per heavy atom. The van der Waals surface area contributed by atoms with Crippen molar-refractivity contribution in [2.45, 2.75) is 39.8 Å². The van der Waals surface area contributed by atoms with Gasteiger partial charge in [-0.2, -0.15) is 5.26 Å². The first-order valence-electron chi connectivity index (χ1n) is 4.60. The van der Waals surface area contributed by atoms with Gasteiger partial charge in [0.25, 0.3) is 0 Å². The molecule has 0 spiro atoms. The molecule has 0 rings (SSSR count). The molecule has 2 atom stereocenters. The van der Waals surface area contributed by atoms with Gasteiger partial charge in [0.1, 0.15) is 0 Å². The summed E-state index contributed by atoms with van der Waals surface area (Å²) in [6.45, 7) is 8.60. The van der Waals surface area contributed by atoms with Crippen molar-refractivity contribution < 1.29 is 4.74 Å². The molecular weight excluding hydrogens is 164 g/mol. The van der Waals surface area contributed by atoms with Crippen LogP contribution in [-0.2, 0) is 4.74 Å². The van der Waals surface area contributed by atoms with Crippen LogP contribution in [0, 0.1) is 16.7 Å². The zero-order valence-corrected chi connectivity index (χ0v) is 9.22. The number of ether oxygens (including phenoxy) is 1. The van der Waals surface area contributed by atoms with E-state index in [1.165, 1.54) is 0 Å². The molecule has 3 heteroatoms. The molecule has 1 N–H and O–H groups in total. The van der Waals surface area contributed by atoms with Crippen LogP contribution in [-0.4, -0.2) is 25.8 Å². The largest absolute Gasteiger partial charge is 0.380 e. The Bertz CT molecular complexity index is 184. The minimum Gasteiger partial charge on any atom is -0.380 e. The van der Waals surface area contributed by atoms with Gasteiger partial charge in [0.05, 0.1) is 17.6 Å². The van der Waals surface area contributed by atoms with E-state index < -0.39 is 0 Å². The van der Waals surface area contributed by atoms with E-state index in [1.807, 2.05) is 20.8 Å². The Hall–Kier alpha value is -0.590. The van der Waals surface area contributed by atoms with Crippen LogP contribution < -0.4 is 5.32 Å².